The van der Waals surface area contributed by atoms with Gasteiger partial charge >= 0.3 is 0 Å². The molecule has 2 atom stereocenters. The Balaban J connectivity index is 2.23. The van der Waals surface area contributed by atoms with E-state index in [4.69, 9.17) is 20.3 Å². The Hall–Kier alpha value is 0.640. The van der Waals surface area contributed by atoms with Gasteiger partial charge in [-0.05, 0) is 24.6 Å². The highest BCUT2D eigenvalue weighted by molar-refractivity contribution is 7.76. The fourth-order valence-electron chi connectivity index (χ4n) is 0.515. The van der Waals surface area contributed by atoms with E-state index in [9.17, 15) is 0 Å². The highest BCUT2D eigenvalue weighted by Gasteiger charge is 2.17. The predicted octanol–water partition coefficient (Wildman–Crippen LogP) is 2.28. The van der Waals surface area contributed by atoms with E-state index in [-0.39, 0.29) is 6.10 Å². The first-order chi connectivity index (χ1) is 3.79. The third kappa shape index (κ3) is 1.87. The van der Waals surface area contributed by atoms with Crippen LogP contribution in [-0.4, -0.2) is 12.7 Å². The molecule has 0 radical (unpaired) electrons. The summed E-state index contributed by atoms with van der Waals surface area (Å²) in [4.78, 5) is 0. The quantitative estimate of drug-likeness (QED) is 0.499. The number of hydrogen-bond donors (Lipinski definition) is 0. The Morgan fingerprint density at radius 3 is 2.88 bits per heavy atom. The molecule has 8 heavy (non-hydrogen) atoms. The van der Waals surface area contributed by atoms with Crippen molar-refractivity contribution < 1.29 is 9.05 Å². The summed E-state index contributed by atoms with van der Waals surface area (Å²) in [5.41, 5.74) is 0. The molecule has 0 spiro atoms. The van der Waals surface area contributed by atoms with Crippen molar-refractivity contribution in [1.29, 1.82) is 0 Å². The molecule has 48 valence electrons. The van der Waals surface area contributed by atoms with Crippen LogP contribution in [0.4, 0.5) is 0 Å². The van der Waals surface area contributed by atoms with Crippen molar-refractivity contribution in [3.8, 4) is 0 Å². The molecule has 2 nitrogen and oxygen atoms in total. The predicted molar refractivity (Wildman–Crippen MR) is 33.9 cm³/mol. The number of halogens is 1. The molecule has 0 aromatic heterocycles. The molecule has 0 aromatic rings. The van der Waals surface area contributed by atoms with E-state index in [0.717, 1.165) is 13.0 Å². The van der Waals surface area contributed by atoms with Gasteiger partial charge in [0.1, 0.15) is 0 Å². The highest BCUT2D eigenvalue weighted by Crippen LogP contribution is 2.47. The molecule has 1 aliphatic heterocycles. The Bertz CT molecular complexity index is 72.4. The van der Waals surface area contributed by atoms with Gasteiger partial charge in [-0.25, -0.2) is 0 Å². The van der Waals surface area contributed by atoms with Crippen LogP contribution < -0.4 is 0 Å². The van der Waals surface area contributed by atoms with Crippen LogP contribution in [-0.2, 0) is 9.05 Å². The van der Waals surface area contributed by atoms with Gasteiger partial charge in [0, 0.05) is 0 Å². The molecule has 0 saturated carbocycles. The van der Waals surface area contributed by atoms with Crippen molar-refractivity contribution in [3.05, 3.63) is 0 Å². The molecule has 0 N–H and O–H groups in total. The lowest BCUT2D eigenvalue weighted by Crippen LogP contribution is -2.12. The molecule has 1 fully saturated rings. The molecule has 4 heteroatoms. The minimum Gasteiger partial charge on any atom is -0.322 e. The van der Waals surface area contributed by atoms with Gasteiger partial charge in [-0.15, -0.1) is 0 Å². The fraction of sp³-hybridized carbons (Fsp3) is 1.00. The zero-order valence-electron chi connectivity index (χ0n) is 4.63. The lowest BCUT2D eigenvalue weighted by Gasteiger charge is -2.21. The summed E-state index contributed by atoms with van der Waals surface area (Å²) >= 11 is 5.53. The molecule has 0 bridgehead atoms. The van der Waals surface area contributed by atoms with Crippen LogP contribution in [0.5, 0.6) is 0 Å². The van der Waals surface area contributed by atoms with Crippen molar-refractivity contribution >= 4 is 19.0 Å². The van der Waals surface area contributed by atoms with Crippen LogP contribution in [0.3, 0.4) is 0 Å². The maximum absolute atomic E-state index is 5.53. The van der Waals surface area contributed by atoms with Crippen LogP contribution in [0, 0.1) is 0 Å². The lowest BCUT2D eigenvalue weighted by molar-refractivity contribution is 0.129. The smallest absolute Gasteiger partial charge is 0.277 e. The molecular formula is C4H8ClO2P. The van der Waals surface area contributed by atoms with Crippen LogP contribution >= 0.6 is 19.0 Å². The Labute approximate surface area is 54.8 Å². The first kappa shape index (κ1) is 6.76. The number of hydrogen-bond acceptors (Lipinski definition) is 2. The second kappa shape index (κ2) is 2.98. The lowest BCUT2D eigenvalue weighted by atomic mass is 10.3. The minimum atomic E-state index is -1.06. The molecule has 1 aliphatic rings. The molecule has 1 rings (SSSR count). The molecule has 1 unspecified atom stereocenters. The van der Waals surface area contributed by atoms with Crippen LogP contribution in [0.15, 0.2) is 0 Å². The van der Waals surface area contributed by atoms with Gasteiger partial charge in [0.25, 0.3) is 7.73 Å². The summed E-state index contributed by atoms with van der Waals surface area (Å²) in [5, 5.41) is 0. The van der Waals surface area contributed by atoms with Gasteiger partial charge in [-0.3, -0.25) is 0 Å². The second-order valence-electron chi connectivity index (χ2n) is 1.75. The first-order valence-electron chi connectivity index (χ1n) is 2.54. The van der Waals surface area contributed by atoms with Gasteiger partial charge in [-0.1, -0.05) is 0 Å². The minimum absolute atomic E-state index is 0.285. The number of rotatable bonds is 0. The van der Waals surface area contributed by atoms with Crippen molar-refractivity contribution in [1.82, 2.24) is 0 Å². The molecule has 1 saturated heterocycles. The Morgan fingerprint density at radius 1 is 1.75 bits per heavy atom. The fourth-order valence-corrected chi connectivity index (χ4v) is 1.83. The third-order valence-electron chi connectivity index (χ3n) is 0.980. The molecule has 0 amide bonds. The van der Waals surface area contributed by atoms with Crippen molar-refractivity contribution in [2.45, 2.75) is 19.4 Å². The SMILES string of the molecule is C[C@@H]1CCOP(Cl)O1. The average Bonchev–Trinajstić information content (AvgIpc) is 1.64. The third-order valence-corrected chi connectivity index (χ3v) is 2.42. The topological polar surface area (TPSA) is 18.5 Å². The average molecular weight is 155 g/mol. The highest BCUT2D eigenvalue weighted by atomic mass is 35.7. The summed E-state index contributed by atoms with van der Waals surface area (Å²) in [5.74, 6) is 0. The van der Waals surface area contributed by atoms with E-state index in [1.807, 2.05) is 6.92 Å². The van der Waals surface area contributed by atoms with Crippen LogP contribution in [0.1, 0.15) is 13.3 Å². The van der Waals surface area contributed by atoms with E-state index in [1.165, 1.54) is 0 Å². The first-order valence-corrected chi connectivity index (χ1v) is 4.63. The van der Waals surface area contributed by atoms with Crippen LogP contribution in [0.2, 0.25) is 0 Å². The maximum Gasteiger partial charge on any atom is 0.277 e. The molecule has 1 heterocycles. The summed E-state index contributed by atoms with van der Waals surface area (Å²) in [7, 11) is -1.06. The van der Waals surface area contributed by atoms with E-state index in [0.29, 0.717) is 0 Å². The normalized spacial score (nSPS) is 39.8. The van der Waals surface area contributed by atoms with Gasteiger partial charge in [0.05, 0.1) is 12.7 Å². The Morgan fingerprint density at radius 2 is 2.50 bits per heavy atom. The largest absolute Gasteiger partial charge is 0.322 e. The zero-order chi connectivity index (χ0) is 5.98. The maximum atomic E-state index is 5.53. The zero-order valence-corrected chi connectivity index (χ0v) is 6.28. The van der Waals surface area contributed by atoms with Crippen molar-refractivity contribution in [3.63, 3.8) is 0 Å². The summed E-state index contributed by atoms with van der Waals surface area (Å²) in [6.45, 7) is 2.75. The van der Waals surface area contributed by atoms with E-state index >= 15 is 0 Å². The summed E-state index contributed by atoms with van der Waals surface area (Å²) in [6.07, 6.45) is 1.25. The van der Waals surface area contributed by atoms with Crippen molar-refractivity contribution in [2.24, 2.45) is 0 Å². The molecule has 0 aliphatic carbocycles. The molecule has 0 aromatic carbocycles. The standard InChI is InChI=1S/C4H8ClO2P/c1-4-2-3-6-8(5)7-4/h4H,2-3H2,1H3/t4-,8?/m1/s1. The van der Waals surface area contributed by atoms with Gasteiger partial charge < -0.3 is 9.05 Å². The van der Waals surface area contributed by atoms with E-state index < -0.39 is 7.73 Å². The summed E-state index contributed by atoms with van der Waals surface area (Å²) in [6, 6.07) is 0. The second-order valence-corrected chi connectivity index (χ2v) is 3.47. The van der Waals surface area contributed by atoms with Gasteiger partial charge in [0.2, 0.25) is 0 Å². The van der Waals surface area contributed by atoms with Crippen molar-refractivity contribution in [2.75, 3.05) is 6.61 Å². The van der Waals surface area contributed by atoms with E-state index in [1.54, 1.807) is 0 Å². The Kier molecular flexibility index (Phi) is 2.51. The summed E-state index contributed by atoms with van der Waals surface area (Å²) < 4.78 is 10.1. The monoisotopic (exact) mass is 154 g/mol. The van der Waals surface area contributed by atoms with Crippen LogP contribution in [0.25, 0.3) is 0 Å². The van der Waals surface area contributed by atoms with Gasteiger partial charge in [0.15, 0.2) is 0 Å². The van der Waals surface area contributed by atoms with E-state index in [2.05, 4.69) is 0 Å². The molecular weight excluding hydrogens is 146 g/mol. The van der Waals surface area contributed by atoms with Gasteiger partial charge in [-0.2, -0.15) is 0 Å².